The summed E-state index contributed by atoms with van der Waals surface area (Å²) < 4.78 is 12.3. The van der Waals surface area contributed by atoms with Crippen LogP contribution in [0.5, 0.6) is 11.5 Å². The van der Waals surface area contributed by atoms with Gasteiger partial charge >= 0.3 is 0 Å². The standard InChI is InChI=1S/C20H24BrNO3/c1-3-24-18-10-13(9-16(21)20(18)25-4-2)12-22-19-15-8-6-5-7-14(15)11-17(19)23/h5-10,17,19,22-23H,3-4,11-12H2,1-2H3/t17-,19+/m1/s1. The molecule has 2 N–H and O–H groups in total. The van der Waals surface area contributed by atoms with Crippen LogP contribution in [-0.2, 0) is 13.0 Å². The summed E-state index contributed by atoms with van der Waals surface area (Å²) in [5.74, 6) is 1.47. The first-order valence-electron chi connectivity index (χ1n) is 8.71. The SMILES string of the molecule is CCOc1cc(CN[C@H]2c3ccccc3C[C@H]2O)cc(Br)c1OCC. The number of ether oxygens (including phenoxy) is 2. The zero-order valence-corrected chi connectivity index (χ0v) is 16.2. The highest BCUT2D eigenvalue weighted by molar-refractivity contribution is 9.10. The quantitative estimate of drug-likeness (QED) is 0.730. The second-order valence-electron chi connectivity index (χ2n) is 6.10. The molecular formula is C20H24BrNO3. The Balaban J connectivity index is 1.77. The maximum Gasteiger partial charge on any atom is 0.175 e. The number of aliphatic hydroxyl groups is 1. The van der Waals surface area contributed by atoms with Gasteiger partial charge in [0, 0.05) is 13.0 Å². The van der Waals surface area contributed by atoms with Crippen LogP contribution in [0.2, 0.25) is 0 Å². The molecule has 0 aromatic heterocycles. The molecule has 25 heavy (non-hydrogen) atoms. The number of halogens is 1. The van der Waals surface area contributed by atoms with E-state index in [1.54, 1.807) is 0 Å². The molecule has 0 saturated carbocycles. The van der Waals surface area contributed by atoms with Crippen molar-refractivity contribution in [1.82, 2.24) is 5.32 Å². The van der Waals surface area contributed by atoms with Gasteiger partial charge in [-0.1, -0.05) is 24.3 Å². The smallest absolute Gasteiger partial charge is 0.175 e. The number of benzene rings is 2. The fourth-order valence-corrected chi connectivity index (χ4v) is 3.92. The molecule has 2 aromatic rings. The maximum absolute atomic E-state index is 10.4. The molecule has 4 nitrogen and oxygen atoms in total. The van der Waals surface area contributed by atoms with Crippen LogP contribution >= 0.6 is 15.9 Å². The summed E-state index contributed by atoms with van der Waals surface area (Å²) in [5.41, 5.74) is 3.48. The Morgan fingerprint density at radius 3 is 2.68 bits per heavy atom. The molecule has 3 rings (SSSR count). The molecule has 0 amide bonds. The lowest BCUT2D eigenvalue weighted by molar-refractivity contribution is 0.140. The van der Waals surface area contributed by atoms with Crippen molar-refractivity contribution in [3.05, 3.63) is 57.6 Å². The zero-order chi connectivity index (χ0) is 17.8. The second-order valence-corrected chi connectivity index (χ2v) is 6.95. The van der Waals surface area contributed by atoms with Crippen molar-refractivity contribution < 1.29 is 14.6 Å². The van der Waals surface area contributed by atoms with E-state index in [0.717, 1.165) is 21.5 Å². The monoisotopic (exact) mass is 405 g/mol. The number of nitrogens with one attached hydrogen (secondary N) is 1. The van der Waals surface area contributed by atoms with Crippen molar-refractivity contribution in [2.75, 3.05) is 13.2 Å². The van der Waals surface area contributed by atoms with Crippen LogP contribution in [0.25, 0.3) is 0 Å². The minimum atomic E-state index is -0.394. The van der Waals surface area contributed by atoms with Gasteiger partial charge in [0.15, 0.2) is 11.5 Å². The molecule has 0 spiro atoms. The topological polar surface area (TPSA) is 50.7 Å². The molecule has 2 atom stereocenters. The van der Waals surface area contributed by atoms with E-state index in [1.807, 2.05) is 38.1 Å². The third-order valence-electron chi connectivity index (χ3n) is 4.39. The van der Waals surface area contributed by atoms with Crippen molar-refractivity contribution in [2.24, 2.45) is 0 Å². The van der Waals surface area contributed by atoms with Crippen LogP contribution in [0.4, 0.5) is 0 Å². The summed E-state index contributed by atoms with van der Waals surface area (Å²) >= 11 is 3.58. The minimum Gasteiger partial charge on any atom is -0.490 e. The van der Waals surface area contributed by atoms with Crippen molar-refractivity contribution >= 4 is 15.9 Å². The minimum absolute atomic E-state index is 0.0444. The fraction of sp³-hybridized carbons (Fsp3) is 0.400. The zero-order valence-electron chi connectivity index (χ0n) is 14.6. The average Bonchev–Trinajstić information content (AvgIpc) is 2.91. The van der Waals surface area contributed by atoms with Gasteiger partial charge in [-0.05, 0) is 58.6 Å². The maximum atomic E-state index is 10.4. The van der Waals surface area contributed by atoms with Gasteiger partial charge in [0.2, 0.25) is 0 Å². The Kier molecular flexibility index (Phi) is 5.99. The molecule has 0 radical (unpaired) electrons. The highest BCUT2D eigenvalue weighted by atomic mass is 79.9. The van der Waals surface area contributed by atoms with E-state index in [1.165, 1.54) is 11.1 Å². The number of rotatable bonds is 7. The summed E-state index contributed by atoms with van der Waals surface area (Å²) in [6, 6.07) is 12.2. The van der Waals surface area contributed by atoms with Gasteiger partial charge < -0.3 is 19.9 Å². The Bertz CT molecular complexity index is 735. The van der Waals surface area contributed by atoms with Crippen LogP contribution in [0.15, 0.2) is 40.9 Å². The van der Waals surface area contributed by atoms with Gasteiger partial charge in [-0.15, -0.1) is 0 Å². The third kappa shape index (κ3) is 4.00. The summed E-state index contributed by atoms with van der Waals surface area (Å²) in [6.45, 7) is 5.72. The van der Waals surface area contributed by atoms with Crippen LogP contribution in [-0.4, -0.2) is 24.4 Å². The first kappa shape index (κ1) is 18.2. The number of aliphatic hydroxyl groups excluding tert-OH is 1. The fourth-order valence-electron chi connectivity index (χ4n) is 3.32. The molecule has 0 unspecified atom stereocenters. The Morgan fingerprint density at radius 1 is 1.16 bits per heavy atom. The number of hydrogen-bond donors (Lipinski definition) is 2. The van der Waals surface area contributed by atoms with E-state index in [9.17, 15) is 5.11 Å². The molecule has 0 saturated heterocycles. The van der Waals surface area contributed by atoms with Crippen molar-refractivity contribution in [3.63, 3.8) is 0 Å². The molecule has 2 aromatic carbocycles. The second kappa shape index (κ2) is 8.21. The molecule has 134 valence electrons. The molecule has 0 fully saturated rings. The van der Waals surface area contributed by atoms with E-state index >= 15 is 0 Å². The Labute approximate surface area is 157 Å². The van der Waals surface area contributed by atoms with Gasteiger partial charge in [-0.2, -0.15) is 0 Å². The lowest BCUT2D eigenvalue weighted by Gasteiger charge is -2.19. The Morgan fingerprint density at radius 2 is 1.92 bits per heavy atom. The van der Waals surface area contributed by atoms with E-state index < -0.39 is 6.10 Å². The van der Waals surface area contributed by atoms with Crippen LogP contribution in [0, 0.1) is 0 Å². The number of hydrogen-bond acceptors (Lipinski definition) is 4. The lowest BCUT2D eigenvalue weighted by atomic mass is 10.1. The highest BCUT2D eigenvalue weighted by Gasteiger charge is 2.30. The largest absolute Gasteiger partial charge is 0.490 e. The van der Waals surface area contributed by atoms with Gasteiger partial charge in [-0.25, -0.2) is 0 Å². The van der Waals surface area contributed by atoms with Crippen molar-refractivity contribution in [3.8, 4) is 11.5 Å². The summed E-state index contributed by atoms with van der Waals surface area (Å²) in [7, 11) is 0. The summed E-state index contributed by atoms with van der Waals surface area (Å²) in [6.07, 6.45) is 0.306. The molecule has 0 aliphatic heterocycles. The normalized spacial score (nSPS) is 18.9. The number of fused-ring (bicyclic) bond motifs is 1. The summed E-state index contributed by atoms with van der Waals surface area (Å²) in [5, 5.41) is 13.9. The predicted molar refractivity (Wildman–Crippen MR) is 102 cm³/mol. The average molecular weight is 406 g/mol. The van der Waals surface area contributed by atoms with E-state index in [2.05, 4.69) is 33.4 Å². The third-order valence-corrected chi connectivity index (χ3v) is 4.98. The van der Waals surface area contributed by atoms with E-state index in [0.29, 0.717) is 26.2 Å². The molecule has 0 bridgehead atoms. The van der Waals surface area contributed by atoms with Gasteiger partial charge in [-0.3, -0.25) is 0 Å². The highest BCUT2D eigenvalue weighted by Crippen LogP contribution is 2.37. The van der Waals surface area contributed by atoms with Crippen LogP contribution in [0.1, 0.15) is 36.6 Å². The Hall–Kier alpha value is -1.56. The molecule has 0 heterocycles. The van der Waals surface area contributed by atoms with Crippen molar-refractivity contribution in [1.29, 1.82) is 0 Å². The summed E-state index contributed by atoms with van der Waals surface area (Å²) in [4.78, 5) is 0. The van der Waals surface area contributed by atoms with Gasteiger partial charge in [0.05, 0.1) is 29.8 Å². The molecular weight excluding hydrogens is 382 g/mol. The molecule has 1 aliphatic rings. The molecule has 1 aliphatic carbocycles. The van der Waals surface area contributed by atoms with Crippen LogP contribution < -0.4 is 14.8 Å². The first-order valence-corrected chi connectivity index (χ1v) is 9.50. The van der Waals surface area contributed by atoms with Crippen LogP contribution in [0.3, 0.4) is 0 Å². The molecule has 5 heteroatoms. The predicted octanol–water partition coefficient (Wildman–Crippen LogP) is 3.99. The lowest BCUT2D eigenvalue weighted by Crippen LogP contribution is -2.28. The van der Waals surface area contributed by atoms with Gasteiger partial charge in [0.25, 0.3) is 0 Å². The van der Waals surface area contributed by atoms with E-state index in [-0.39, 0.29) is 6.04 Å². The first-order chi connectivity index (χ1) is 12.1. The van der Waals surface area contributed by atoms with E-state index in [4.69, 9.17) is 9.47 Å². The van der Waals surface area contributed by atoms with Crippen molar-refractivity contribution in [2.45, 2.75) is 39.0 Å². The van der Waals surface area contributed by atoms with Gasteiger partial charge in [0.1, 0.15) is 0 Å².